The maximum absolute atomic E-state index is 11.1. The molecule has 7 heteroatoms. The Morgan fingerprint density at radius 1 is 1.41 bits per heavy atom. The number of nitrogens with one attached hydrogen (secondary N) is 2. The minimum atomic E-state index is -0.664. The number of ether oxygens (including phenoxy) is 1. The second kappa shape index (κ2) is 6.25. The molecule has 3 rings (SSSR count). The van der Waals surface area contributed by atoms with E-state index in [1.165, 1.54) is 6.92 Å². The predicted molar refractivity (Wildman–Crippen MR) is 78.9 cm³/mol. The summed E-state index contributed by atoms with van der Waals surface area (Å²) in [6, 6.07) is 7.86. The fourth-order valence-electron chi connectivity index (χ4n) is 2.72. The molecule has 22 heavy (non-hydrogen) atoms. The Balaban J connectivity index is 1.68. The Labute approximate surface area is 127 Å². The third kappa shape index (κ3) is 3.15. The summed E-state index contributed by atoms with van der Waals surface area (Å²) in [6.07, 6.45) is 1.24. The number of aromatic amines is 1. The van der Waals surface area contributed by atoms with Crippen LogP contribution in [0.25, 0.3) is 11.3 Å². The van der Waals surface area contributed by atoms with Crippen molar-refractivity contribution in [3.8, 4) is 11.3 Å². The van der Waals surface area contributed by atoms with Gasteiger partial charge >= 0.3 is 5.97 Å². The second-order valence-corrected chi connectivity index (χ2v) is 5.42. The van der Waals surface area contributed by atoms with Crippen molar-refractivity contribution in [1.29, 1.82) is 0 Å². The molecule has 116 valence electrons. The number of rotatable bonds is 4. The van der Waals surface area contributed by atoms with E-state index in [-0.39, 0.29) is 12.0 Å². The van der Waals surface area contributed by atoms with E-state index >= 15 is 0 Å². The molecular weight excluding hydrogens is 284 g/mol. The number of aliphatic hydroxyl groups excluding tert-OH is 1. The number of carbonyl (C=O) groups is 1. The highest BCUT2D eigenvalue weighted by molar-refractivity contribution is 5.66. The highest BCUT2D eigenvalue weighted by Gasteiger charge is 2.37. The van der Waals surface area contributed by atoms with Gasteiger partial charge in [-0.25, -0.2) is 0 Å². The van der Waals surface area contributed by atoms with Gasteiger partial charge in [-0.15, -0.1) is 5.10 Å². The van der Waals surface area contributed by atoms with Crippen LogP contribution in [0.4, 0.5) is 0 Å². The van der Waals surface area contributed by atoms with Crippen LogP contribution < -0.4 is 5.32 Å². The van der Waals surface area contributed by atoms with E-state index in [1.807, 2.05) is 24.3 Å². The van der Waals surface area contributed by atoms with E-state index < -0.39 is 12.2 Å². The molecule has 0 saturated carbocycles. The third-order valence-electron chi connectivity index (χ3n) is 3.79. The maximum Gasteiger partial charge on any atom is 0.303 e. The normalized spacial score (nSPS) is 24.4. The lowest BCUT2D eigenvalue weighted by Gasteiger charge is -2.21. The number of aliphatic hydroxyl groups is 1. The molecule has 2 aromatic rings. The molecule has 0 radical (unpaired) electrons. The minimum absolute atomic E-state index is 0.0863. The van der Waals surface area contributed by atoms with Gasteiger partial charge in [-0.05, 0) is 12.0 Å². The summed E-state index contributed by atoms with van der Waals surface area (Å²) in [5, 5.41) is 23.4. The number of aromatic nitrogens is 3. The minimum Gasteiger partial charge on any atom is -0.458 e. The van der Waals surface area contributed by atoms with Crippen LogP contribution in [0.3, 0.4) is 0 Å². The molecule has 1 aromatic heterocycles. The van der Waals surface area contributed by atoms with Gasteiger partial charge in [0.25, 0.3) is 0 Å². The Bertz CT molecular complexity index is 627. The first kappa shape index (κ1) is 14.7. The van der Waals surface area contributed by atoms with Crippen LogP contribution in [-0.4, -0.2) is 51.3 Å². The zero-order chi connectivity index (χ0) is 15.5. The number of hydrogen-bond acceptors (Lipinski definition) is 6. The average Bonchev–Trinajstić information content (AvgIpc) is 3.13. The van der Waals surface area contributed by atoms with Crippen LogP contribution >= 0.6 is 0 Å². The molecule has 7 nitrogen and oxygen atoms in total. The molecule has 1 aromatic carbocycles. The molecule has 0 aliphatic carbocycles. The van der Waals surface area contributed by atoms with Crippen molar-refractivity contribution in [3.63, 3.8) is 0 Å². The van der Waals surface area contributed by atoms with Crippen molar-refractivity contribution in [3.05, 3.63) is 36.0 Å². The predicted octanol–water partition coefficient (Wildman–Crippen LogP) is 0.279. The standard InChI is InChI=1S/C15H18N4O3/c1-9(20)22-15-12(16-8-14(15)21)6-10-2-4-11(5-3-10)13-7-17-19-18-13/h2-5,7,12,14-16,21H,6,8H2,1H3,(H,17,18,19)/t12-,14+,15+/m1/s1. The lowest BCUT2D eigenvalue weighted by Crippen LogP contribution is -2.38. The molecule has 0 unspecified atom stereocenters. The van der Waals surface area contributed by atoms with Crippen molar-refractivity contribution in [1.82, 2.24) is 20.7 Å². The Hall–Kier alpha value is -2.25. The first-order valence-electron chi connectivity index (χ1n) is 7.18. The summed E-state index contributed by atoms with van der Waals surface area (Å²) in [7, 11) is 0. The molecular formula is C15H18N4O3. The number of nitrogens with zero attached hydrogens (tertiary/aromatic N) is 2. The van der Waals surface area contributed by atoms with Gasteiger partial charge in [-0.3, -0.25) is 9.89 Å². The van der Waals surface area contributed by atoms with E-state index in [4.69, 9.17) is 4.74 Å². The summed E-state index contributed by atoms with van der Waals surface area (Å²) in [6.45, 7) is 1.79. The monoisotopic (exact) mass is 302 g/mol. The lowest BCUT2D eigenvalue weighted by molar-refractivity contribution is -0.151. The summed E-state index contributed by atoms with van der Waals surface area (Å²) >= 11 is 0. The molecule has 0 amide bonds. The topological polar surface area (TPSA) is 100 Å². The summed E-state index contributed by atoms with van der Waals surface area (Å²) in [5.74, 6) is -0.376. The van der Waals surface area contributed by atoms with Gasteiger partial charge in [0, 0.05) is 25.2 Å². The van der Waals surface area contributed by atoms with Crippen molar-refractivity contribution >= 4 is 5.97 Å². The molecule has 1 fully saturated rings. The highest BCUT2D eigenvalue weighted by Crippen LogP contribution is 2.20. The van der Waals surface area contributed by atoms with E-state index in [0.717, 1.165) is 16.8 Å². The molecule has 1 saturated heterocycles. The van der Waals surface area contributed by atoms with Crippen molar-refractivity contribution in [2.45, 2.75) is 31.6 Å². The smallest absolute Gasteiger partial charge is 0.303 e. The number of carbonyl (C=O) groups excluding carboxylic acids is 1. The van der Waals surface area contributed by atoms with Crippen LogP contribution in [0.5, 0.6) is 0 Å². The Morgan fingerprint density at radius 3 is 2.82 bits per heavy atom. The third-order valence-corrected chi connectivity index (χ3v) is 3.79. The summed E-state index contributed by atoms with van der Waals surface area (Å²) in [4.78, 5) is 11.1. The first-order valence-corrected chi connectivity index (χ1v) is 7.18. The molecule has 3 N–H and O–H groups in total. The van der Waals surface area contributed by atoms with Gasteiger partial charge in [0.05, 0.1) is 6.04 Å². The van der Waals surface area contributed by atoms with Crippen LogP contribution in [0.2, 0.25) is 0 Å². The van der Waals surface area contributed by atoms with Gasteiger partial charge in [0.15, 0.2) is 0 Å². The zero-order valence-electron chi connectivity index (χ0n) is 12.2. The number of benzene rings is 1. The largest absolute Gasteiger partial charge is 0.458 e. The van der Waals surface area contributed by atoms with Crippen molar-refractivity contribution in [2.24, 2.45) is 0 Å². The van der Waals surface area contributed by atoms with Crippen LogP contribution in [0.1, 0.15) is 12.5 Å². The molecule has 1 aliphatic rings. The lowest BCUT2D eigenvalue weighted by atomic mass is 10.00. The highest BCUT2D eigenvalue weighted by atomic mass is 16.6. The van der Waals surface area contributed by atoms with Crippen molar-refractivity contribution < 1.29 is 14.6 Å². The van der Waals surface area contributed by atoms with E-state index in [9.17, 15) is 9.90 Å². The maximum atomic E-state index is 11.1. The van der Waals surface area contributed by atoms with Crippen molar-refractivity contribution in [2.75, 3.05) is 6.54 Å². The van der Waals surface area contributed by atoms with Crippen LogP contribution in [0, 0.1) is 0 Å². The summed E-state index contributed by atoms with van der Waals surface area (Å²) in [5.41, 5.74) is 2.86. The van der Waals surface area contributed by atoms with E-state index in [0.29, 0.717) is 13.0 Å². The quantitative estimate of drug-likeness (QED) is 0.701. The van der Waals surface area contributed by atoms with Gasteiger partial charge < -0.3 is 15.2 Å². The van der Waals surface area contributed by atoms with E-state index in [1.54, 1.807) is 6.20 Å². The zero-order valence-corrected chi connectivity index (χ0v) is 12.2. The first-order chi connectivity index (χ1) is 10.6. The molecule has 3 atom stereocenters. The Kier molecular flexibility index (Phi) is 4.17. The van der Waals surface area contributed by atoms with Gasteiger partial charge in [0.2, 0.25) is 0 Å². The number of hydrogen-bond donors (Lipinski definition) is 3. The molecule has 0 spiro atoms. The molecule has 1 aliphatic heterocycles. The second-order valence-electron chi connectivity index (χ2n) is 5.42. The Morgan fingerprint density at radius 2 is 2.18 bits per heavy atom. The number of H-pyrrole nitrogens is 1. The fourth-order valence-corrected chi connectivity index (χ4v) is 2.72. The average molecular weight is 302 g/mol. The van der Waals surface area contributed by atoms with Gasteiger partial charge in [0.1, 0.15) is 17.9 Å². The van der Waals surface area contributed by atoms with E-state index in [2.05, 4.69) is 20.7 Å². The SMILES string of the molecule is CC(=O)O[C@@H]1[C@@H](O)CN[C@@H]1Cc1ccc(-c2c[nH]nn2)cc1. The van der Waals surface area contributed by atoms with Crippen LogP contribution in [0.15, 0.2) is 30.5 Å². The van der Waals surface area contributed by atoms with Gasteiger partial charge in [-0.2, -0.15) is 0 Å². The number of β-amino-alcohol motifs (C(OH)–C–C–N with tert-alkyl or cyclic N) is 1. The molecule has 2 heterocycles. The fraction of sp³-hybridized carbons (Fsp3) is 0.400. The van der Waals surface area contributed by atoms with Gasteiger partial charge in [-0.1, -0.05) is 29.5 Å². The molecule has 0 bridgehead atoms. The van der Waals surface area contributed by atoms with Crippen LogP contribution in [-0.2, 0) is 16.0 Å². The summed E-state index contributed by atoms with van der Waals surface area (Å²) < 4.78 is 5.22. The number of esters is 1.